The van der Waals surface area contributed by atoms with Gasteiger partial charge in [0.1, 0.15) is 11.5 Å². The number of aromatic nitrogens is 2. The number of hydrogen-bond donors (Lipinski definition) is 2. The normalized spacial score (nSPS) is 14.3. The minimum atomic E-state index is -0.0278. The molecule has 19 heavy (non-hydrogen) atoms. The zero-order valence-corrected chi connectivity index (χ0v) is 11.2. The van der Waals surface area contributed by atoms with Crippen molar-refractivity contribution in [3.63, 3.8) is 0 Å². The molecule has 3 N–H and O–H groups in total. The van der Waals surface area contributed by atoms with E-state index in [9.17, 15) is 0 Å². The molecule has 1 aliphatic rings. The van der Waals surface area contributed by atoms with Crippen LogP contribution in [-0.4, -0.2) is 21.8 Å². The monoisotopic (exact) mass is 273 g/mol. The van der Waals surface area contributed by atoms with E-state index >= 15 is 0 Å². The van der Waals surface area contributed by atoms with Crippen LogP contribution in [0.3, 0.4) is 0 Å². The Hall–Kier alpha value is -1.95. The van der Waals surface area contributed by atoms with Gasteiger partial charge in [0.05, 0.1) is 6.54 Å². The van der Waals surface area contributed by atoms with Crippen LogP contribution < -0.4 is 10.6 Å². The largest absolute Gasteiger partial charge is 0.382 e. The molecule has 98 valence electrons. The molecule has 1 aliphatic carbocycles. The number of thiophene rings is 1. The van der Waals surface area contributed by atoms with E-state index in [0.717, 1.165) is 12.4 Å². The summed E-state index contributed by atoms with van der Waals surface area (Å²) in [6.45, 7) is 0.807. The second-order valence-corrected chi connectivity index (χ2v) is 5.61. The maximum absolute atomic E-state index is 7.63. The van der Waals surface area contributed by atoms with Crippen molar-refractivity contribution in [1.29, 1.82) is 5.41 Å². The summed E-state index contributed by atoms with van der Waals surface area (Å²) in [4.78, 5) is 12.1. The topological polar surface area (TPSA) is 78.9 Å². The SMILES string of the molecule is N=C(N)c1nccnc1N(Cc1cccs1)C1CC1. The van der Waals surface area contributed by atoms with Crippen molar-refractivity contribution in [2.75, 3.05) is 4.90 Å². The van der Waals surface area contributed by atoms with Gasteiger partial charge in [0.25, 0.3) is 0 Å². The van der Waals surface area contributed by atoms with Gasteiger partial charge in [-0.2, -0.15) is 0 Å². The Balaban J connectivity index is 1.94. The van der Waals surface area contributed by atoms with Crippen LogP contribution in [0, 0.1) is 5.41 Å². The van der Waals surface area contributed by atoms with E-state index in [0.29, 0.717) is 11.7 Å². The molecule has 0 aliphatic heterocycles. The summed E-state index contributed by atoms with van der Waals surface area (Å²) in [6, 6.07) is 4.66. The third-order valence-electron chi connectivity index (χ3n) is 3.10. The summed E-state index contributed by atoms with van der Waals surface area (Å²) in [5, 5.41) is 9.70. The van der Waals surface area contributed by atoms with Crippen LogP contribution in [0.2, 0.25) is 0 Å². The Morgan fingerprint density at radius 1 is 1.42 bits per heavy atom. The average molecular weight is 273 g/mol. The predicted octanol–water partition coefficient (Wildman–Crippen LogP) is 1.99. The lowest BCUT2D eigenvalue weighted by Crippen LogP contribution is -2.29. The highest BCUT2D eigenvalue weighted by Gasteiger charge is 2.32. The van der Waals surface area contributed by atoms with Crippen LogP contribution >= 0.6 is 11.3 Å². The number of rotatable bonds is 5. The van der Waals surface area contributed by atoms with E-state index < -0.39 is 0 Å². The maximum Gasteiger partial charge on any atom is 0.158 e. The molecule has 0 radical (unpaired) electrons. The Kier molecular flexibility index (Phi) is 3.16. The molecule has 0 unspecified atom stereocenters. The van der Waals surface area contributed by atoms with Crippen molar-refractivity contribution in [2.45, 2.75) is 25.4 Å². The number of nitrogens with two attached hydrogens (primary N) is 1. The van der Waals surface area contributed by atoms with E-state index in [1.54, 1.807) is 23.7 Å². The Labute approximate surface area is 115 Å². The number of nitrogen functional groups attached to an aromatic ring is 1. The minimum Gasteiger partial charge on any atom is -0.382 e. The lowest BCUT2D eigenvalue weighted by atomic mass is 10.3. The van der Waals surface area contributed by atoms with Crippen LogP contribution in [0.25, 0.3) is 0 Å². The molecule has 0 bridgehead atoms. The Morgan fingerprint density at radius 2 is 2.21 bits per heavy atom. The zero-order valence-electron chi connectivity index (χ0n) is 10.4. The van der Waals surface area contributed by atoms with Crippen LogP contribution in [0.4, 0.5) is 5.82 Å². The Morgan fingerprint density at radius 3 is 2.84 bits per heavy atom. The van der Waals surface area contributed by atoms with E-state index in [1.807, 2.05) is 6.07 Å². The first kappa shape index (κ1) is 12.1. The average Bonchev–Trinajstić information content (AvgIpc) is 3.13. The van der Waals surface area contributed by atoms with E-state index in [1.165, 1.54) is 17.7 Å². The van der Waals surface area contributed by atoms with Crippen molar-refractivity contribution in [2.24, 2.45) is 5.73 Å². The van der Waals surface area contributed by atoms with Crippen LogP contribution in [0.5, 0.6) is 0 Å². The van der Waals surface area contributed by atoms with Crippen molar-refractivity contribution >= 4 is 23.0 Å². The third-order valence-corrected chi connectivity index (χ3v) is 3.96. The van der Waals surface area contributed by atoms with Gasteiger partial charge in [-0.3, -0.25) is 5.41 Å². The molecule has 1 saturated carbocycles. The molecule has 0 atom stereocenters. The summed E-state index contributed by atoms with van der Waals surface area (Å²) in [6.07, 6.45) is 5.57. The van der Waals surface area contributed by atoms with E-state index in [2.05, 4.69) is 26.3 Å². The quantitative estimate of drug-likeness (QED) is 0.645. The molecular weight excluding hydrogens is 258 g/mol. The molecule has 1 fully saturated rings. The highest BCUT2D eigenvalue weighted by Crippen LogP contribution is 2.33. The van der Waals surface area contributed by atoms with Crippen LogP contribution in [0.15, 0.2) is 29.9 Å². The number of nitrogens with zero attached hydrogens (tertiary/aromatic N) is 3. The van der Waals surface area contributed by atoms with Crippen molar-refractivity contribution < 1.29 is 0 Å². The Bertz CT molecular complexity index is 576. The van der Waals surface area contributed by atoms with Crippen LogP contribution in [0.1, 0.15) is 23.4 Å². The fraction of sp³-hybridized carbons (Fsp3) is 0.308. The molecule has 5 nitrogen and oxygen atoms in total. The molecule has 2 heterocycles. The molecule has 0 saturated heterocycles. The van der Waals surface area contributed by atoms with Gasteiger partial charge in [0.2, 0.25) is 0 Å². The second-order valence-electron chi connectivity index (χ2n) is 4.58. The minimum absolute atomic E-state index is 0.0278. The zero-order chi connectivity index (χ0) is 13.2. The number of nitrogens with one attached hydrogen (secondary N) is 1. The van der Waals surface area contributed by atoms with Gasteiger partial charge in [-0.1, -0.05) is 6.07 Å². The molecule has 0 aromatic carbocycles. The van der Waals surface area contributed by atoms with Crippen LogP contribution in [-0.2, 0) is 6.54 Å². The van der Waals surface area contributed by atoms with Gasteiger partial charge in [-0.05, 0) is 24.3 Å². The van der Waals surface area contributed by atoms with Gasteiger partial charge in [-0.25, -0.2) is 9.97 Å². The first-order chi connectivity index (χ1) is 9.25. The van der Waals surface area contributed by atoms with Crippen molar-refractivity contribution in [3.05, 3.63) is 40.5 Å². The number of amidine groups is 1. The molecule has 3 rings (SSSR count). The van der Waals surface area contributed by atoms with Gasteiger partial charge in [0.15, 0.2) is 5.82 Å². The standard InChI is InChI=1S/C13H15N5S/c14-12(15)11-13(17-6-5-16-11)18(9-3-4-9)8-10-2-1-7-19-10/h1-2,5-7,9H,3-4,8H2,(H3,14,15). The number of anilines is 1. The smallest absolute Gasteiger partial charge is 0.158 e. The fourth-order valence-corrected chi connectivity index (χ4v) is 2.77. The van der Waals surface area contributed by atoms with Gasteiger partial charge in [-0.15, -0.1) is 11.3 Å². The third kappa shape index (κ3) is 2.58. The highest BCUT2D eigenvalue weighted by atomic mass is 32.1. The molecule has 2 aromatic heterocycles. The van der Waals surface area contributed by atoms with Gasteiger partial charge >= 0.3 is 0 Å². The lowest BCUT2D eigenvalue weighted by Gasteiger charge is -2.24. The molecule has 6 heteroatoms. The summed E-state index contributed by atoms with van der Waals surface area (Å²) in [5.41, 5.74) is 6.08. The first-order valence-electron chi connectivity index (χ1n) is 6.20. The number of hydrogen-bond acceptors (Lipinski definition) is 5. The molecule has 2 aromatic rings. The molecule has 0 amide bonds. The first-order valence-corrected chi connectivity index (χ1v) is 7.08. The van der Waals surface area contributed by atoms with Gasteiger partial charge < -0.3 is 10.6 Å². The molecule has 0 spiro atoms. The fourth-order valence-electron chi connectivity index (χ4n) is 2.06. The summed E-state index contributed by atoms with van der Waals surface area (Å²) in [5.74, 6) is 0.700. The maximum atomic E-state index is 7.63. The van der Waals surface area contributed by atoms with Crippen molar-refractivity contribution in [3.8, 4) is 0 Å². The summed E-state index contributed by atoms with van der Waals surface area (Å²) >= 11 is 1.73. The van der Waals surface area contributed by atoms with E-state index in [-0.39, 0.29) is 5.84 Å². The van der Waals surface area contributed by atoms with Gasteiger partial charge in [0, 0.05) is 23.3 Å². The van der Waals surface area contributed by atoms with E-state index in [4.69, 9.17) is 11.1 Å². The summed E-state index contributed by atoms with van der Waals surface area (Å²) < 4.78 is 0. The lowest BCUT2D eigenvalue weighted by molar-refractivity contribution is 0.780. The second kappa shape index (κ2) is 4.97. The highest BCUT2D eigenvalue weighted by molar-refractivity contribution is 7.09. The molecular formula is C13H15N5S. The van der Waals surface area contributed by atoms with Crippen molar-refractivity contribution in [1.82, 2.24) is 9.97 Å². The summed E-state index contributed by atoms with van der Waals surface area (Å²) in [7, 11) is 0. The predicted molar refractivity (Wildman–Crippen MR) is 76.6 cm³/mol.